The highest BCUT2D eigenvalue weighted by Gasteiger charge is 2.34. The van der Waals surface area contributed by atoms with Crippen LogP contribution >= 0.6 is 27.5 Å². The number of fused-ring (bicyclic) bond motifs is 2. The first-order valence-electron chi connectivity index (χ1n) is 5.31. The topological polar surface area (TPSA) is 38.2 Å². The maximum absolute atomic E-state index is 5.82. The Morgan fingerprint density at radius 1 is 1.38 bits per heavy atom. The van der Waals surface area contributed by atoms with Gasteiger partial charge in [-0.1, -0.05) is 0 Å². The standard InChI is InChI=1S/C10H11BrClN3O/c11-8-3-13-10(12)14-9(8)15-4-6-1-2-7(5-15)16-6/h3,6-7H,1-2,4-5H2. The van der Waals surface area contributed by atoms with Crippen LogP contribution in [0.5, 0.6) is 0 Å². The Morgan fingerprint density at radius 2 is 2.06 bits per heavy atom. The van der Waals surface area contributed by atoms with Gasteiger partial charge < -0.3 is 9.64 Å². The van der Waals surface area contributed by atoms with Crippen LogP contribution in [0.4, 0.5) is 5.82 Å². The first-order chi connectivity index (χ1) is 7.72. The molecule has 6 heteroatoms. The van der Waals surface area contributed by atoms with Gasteiger partial charge in [0.1, 0.15) is 5.82 Å². The molecule has 0 aromatic carbocycles. The van der Waals surface area contributed by atoms with Crippen molar-refractivity contribution in [2.24, 2.45) is 0 Å². The Kier molecular flexibility index (Phi) is 2.77. The number of nitrogens with zero attached hydrogens (tertiary/aromatic N) is 3. The van der Waals surface area contributed by atoms with Gasteiger partial charge in [0.25, 0.3) is 0 Å². The van der Waals surface area contributed by atoms with Gasteiger partial charge in [-0.2, -0.15) is 4.98 Å². The molecule has 0 spiro atoms. The molecule has 0 aliphatic carbocycles. The summed E-state index contributed by atoms with van der Waals surface area (Å²) in [5.74, 6) is 0.875. The zero-order valence-electron chi connectivity index (χ0n) is 8.57. The van der Waals surface area contributed by atoms with Gasteiger partial charge >= 0.3 is 0 Å². The van der Waals surface area contributed by atoms with Crippen molar-refractivity contribution in [2.75, 3.05) is 18.0 Å². The first kappa shape index (κ1) is 10.7. The van der Waals surface area contributed by atoms with Crippen molar-refractivity contribution in [2.45, 2.75) is 25.0 Å². The minimum atomic E-state index is 0.289. The number of rotatable bonds is 1. The van der Waals surface area contributed by atoms with Crippen LogP contribution in [0.15, 0.2) is 10.7 Å². The van der Waals surface area contributed by atoms with Gasteiger partial charge in [-0.05, 0) is 40.4 Å². The van der Waals surface area contributed by atoms with Crippen LogP contribution in [-0.4, -0.2) is 35.3 Å². The molecule has 2 aliphatic rings. The van der Waals surface area contributed by atoms with Crippen molar-refractivity contribution >= 4 is 33.3 Å². The van der Waals surface area contributed by atoms with Crippen molar-refractivity contribution < 1.29 is 4.74 Å². The molecule has 1 aromatic heterocycles. The second-order valence-corrected chi connectivity index (χ2v) is 5.37. The van der Waals surface area contributed by atoms with E-state index in [0.717, 1.165) is 36.2 Å². The van der Waals surface area contributed by atoms with E-state index in [2.05, 4.69) is 30.8 Å². The average molecular weight is 305 g/mol. The fourth-order valence-corrected chi connectivity index (χ4v) is 2.92. The molecule has 2 atom stereocenters. The molecule has 2 fully saturated rings. The molecule has 2 aliphatic heterocycles. The molecule has 86 valence electrons. The maximum Gasteiger partial charge on any atom is 0.224 e. The lowest BCUT2D eigenvalue weighted by atomic mass is 10.2. The summed E-state index contributed by atoms with van der Waals surface area (Å²) in [5.41, 5.74) is 0. The van der Waals surface area contributed by atoms with E-state index >= 15 is 0 Å². The molecule has 3 heterocycles. The van der Waals surface area contributed by atoms with Crippen molar-refractivity contribution in [1.82, 2.24) is 9.97 Å². The lowest BCUT2D eigenvalue weighted by molar-refractivity contribution is 0.0301. The molecular formula is C10H11BrClN3O. The number of hydrogen-bond acceptors (Lipinski definition) is 4. The van der Waals surface area contributed by atoms with Gasteiger partial charge in [-0.3, -0.25) is 0 Å². The summed E-state index contributed by atoms with van der Waals surface area (Å²) < 4.78 is 6.67. The van der Waals surface area contributed by atoms with Gasteiger partial charge in [-0.15, -0.1) is 0 Å². The third-order valence-electron chi connectivity index (χ3n) is 3.04. The fourth-order valence-electron chi connectivity index (χ4n) is 2.35. The molecule has 1 aromatic rings. The maximum atomic E-state index is 5.82. The molecule has 0 N–H and O–H groups in total. The Hall–Kier alpha value is -0.390. The highest BCUT2D eigenvalue weighted by atomic mass is 79.9. The van der Waals surface area contributed by atoms with E-state index in [9.17, 15) is 0 Å². The number of aromatic nitrogens is 2. The minimum Gasteiger partial charge on any atom is -0.371 e. The summed E-state index contributed by atoms with van der Waals surface area (Å²) in [6.07, 6.45) is 4.69. The number of anilines is 1. The van der Waals surface area contributed by atoms with Crippen LogP contribution in [0.2, 0.25) is 5.28 Å². The summed E-state index contributed by atoms with van der Waals surface area (Å²) in [4.78, 5) is 10.4. The van der Waals surface area contributed by atoms with E-state index in [0.29, 0.717) is 12.2 Å². The van der Waals surface area contributed by atoms with Crippen molar-refractivity contribution in [1.29, 1.82) is 0 Å². The molecule has 3 rings (SSSR count). The Morgan fingerprint density at radius 3 is 2.75 bits per heavy atom. The van der Waals surface area contributed by atoms with Gasteiger partial charge in [-0.25, -0.2) is 4.98 Å². The lowest BCUT2D eigenvalue weighted by Gasteiger charge is -2.33. The zero-order valence-corrected chi connectivity index (χ0v) is 10.9. The minimum absolute atomic E-state index is 0.289. The number of morpholine rings is 1. The third-order valence-corrected chi connectivity index (χ3v) is 3.78. The second-order valence-electron chi connectivity index (χ2n) is 4.17. The molecular weight excluding hydrogens is 293 g/mol. The predicted octanol–water partition coefficient (Wildman–Crippen LogP) is 2.26. The Balaban J connectivity index is 1.89. The summed E-state index contributed by atoms with van der Waals surface area (Å²) in [7, 11) is 0. The second kappa shape index (κ2) is 4.13. The number of ether oxygens (including phenoxy) is 1. The van der Waals surface area contributed by atoms with E-state index in [1.54, 1.807) is 6.20 Å². The van der Waals surface area contributed by atoms with Crippen LogP contribution in [0, 0.1) is 0 Å². The third kappa shape index (κ3) is 1.92. The van der Waals surface area contributed by atoms with Gasteiger partial charge in [0.05, 0.1) is 16.7 Å². The van der Waals surface area contributed by atoms with E-state index in [4.69, 9.17) is 16.3 Å². The summed E-state index contributed by atoms with van der Waals surface area (Å²) >= 11 is 9.28. The number of hydrogen-bond donors (Lipinski definition) is 0. The summed E-state index contributed by atoms with van der Waals surface area (Å²) in [5, 5.41) is 0.289. The fraction of sp³-hybridized carbons (Fsp3) is 0.600. The van der Waals surface area contributed by atoms with Gasteiger partial charge in [0.2, 0.25) is 5.28 Å². The smallest absolute Gasteiger partial charge is 0.224 e. The SMILES string of the molecule is Clc1ncc(Br)c(N2CC3CCC(C2)O3)n1. The summed E-state index contributed by atoms with van der Waals surface area (Å²) in [6, 6.07) is 0. The van der Waals surface area contributed by atoms with Crippen LogP contribution in [0.1, 0.15) is 12.8 Å². The van der Waals surface area contributed by atoms with Crippen molar-refractivity contribution in [3.63, 3.8) is 0 Å². The highest BCUT2D eigenvalue weighted by molar-refractivity contribution is 9.10. The van der Waals surface area contributed by atoms with Crippen LogP contribution < -0.4 is 4.90 Å². The molecule has 0 amide bonds. The molecule has 0 radical (unpaired) electrons. The van der Waals surface area contributed by atoms with E-state index in [1.165, 1.54) is 0 Å². The van der Waals surface area contributed by atoms with E-state index < -0.39 is 0 Å². The average Bonchev–Trinajstić information content (AvgIpc) is 2.61. The summed E-state index contributed by atoms with van der Waals surface area (Å²) in [6.45, 7) is 1.78. The largest absolute Gasteiger partial charge is 0.371 e. The lowest BCUT2D eigenvalue weighted by Crippen LogP contribution is -2.43. The monoisotopic (exact) mass is 303 g/mol. The Bertz CT molecular complexity index is 405. The molecule has 2 bridgehead atoms. The van der Waals surface area contributed by atoms with Crippen LogP contribution in [-0.2, 0) is 4.74 Å². The molecule has 4 nitrogen and oxygen atoms in total. The van der Waals surface area contributed by atoms with E-state index in [1.807, 2.05) is 0 Å². The molecule has 2 saturated heterocycles. The molecule has 16 heavy (non-hydrogen) atoms. The quantitative estimate of drug-likeness (QED) is 0.746. The molecule has 0 saturated carbocycles. The van der Waals surface area contributed by atoms with Crippen LogP contribution in [0.3, 0.4) is 0 Å². The molecule has 2 unspecified atom stereocenters. The zero-order chi connectivity index (χ0) is 11.1. The van der Waals surface area contributed by atoms with Crippen molar-refractivity contribution in [3.8, 4) is 0 Å². The van der Waals surface area contributed by atoms with Crippen LogP contribution in [0.25, 0.3) is 0 Å². The first-order valence-corrected chi connectivity index (χ1v) is 6.48. The normalized spacial score (nSPS) is 28.5. The van der Waals surface area contributed by atoms with Crippen molar-refractivity contribution in [3.05, 3.63) is 16.0 Å². The van der Waals surface area contributed by atoms with Gasteiger partial charge in [0, 0.05) is 19.3 Å². The Labute approximate surface area is 107 Å². The predicted molar refractivity (Wildman–Crippen MR) is 64.9 cm³/mol. The number of halogens is 2. The van der Waals surface area contributed by atoms with Gasteiger partial charge in [0.15, 0.2) is 0 Å². The van der Waals surface area contributed by atoms with E-state index in [-0.39, 0.29) is 5.28 Å². The highest BCUT2D eigenvalue weighted by Crippen LogP contribution is 2.32.